The van der Waals surface area contributed by atoms with Gasteiger partial charge in [-0.1, -0.05) is 29.8 Å². The summed E-state index contributed by atoms with van der Waals surface area (Å²) in [5.74, 6) is -1.46. The zero-order chi connectivity index (χ0) is 20.3. The first-order chi connectivity index (χ1) is 13.4. The summed E-state index contributed by atoms with van der Waals surface area (Å²) in [6, 6.07) is 11.6. The predicted octanol–water partition coefficient (Wildman–Crippen LogP) is 1.67. The fourth-order valence-electron chi connectivity index (χ4n) is 2.62. The maximum atomic E-state index is 12.7. The smallest absolute Gasteiger partial charge is 0.282 e. The zero-order valence-electron chi connectivity index (χ0n) is 14.8. The van der Waals surface area contributed by atoms with Crippen molar-refractivity contribution in [1.82, 2.24) is 5.43 Å². The number of nitrogens with one attached hydrogen (secondary N) is 1. The number of carbonyl (C=O) groups excluding carboxylic acids is 3. The Balaban J connectivity index is 2.02. The zero-order valence-corrected chi connectivity index (χ0v) is 15.5. The Kier molecular flexibility index (Phi) is 5.51. The van der Waals surface area contributed by atoms with E-state index < -0.39 is 24.3 Å². The van der Waals surface area contributed by atoms with Crippen LogP contribution in [0.15, 0.2) is 48.0 Å². The second-order valence-electron chi connectivity index (χ2n) is 5.76. The second kappa shape index (κ2) is 8.01. The van der Waals surface area contributed by atoms with Crippen molar-refractivity contribution in [3.63, 3.8) is 0 Å². The van der Waals surface area contributed by atoms with Crippen LogP contribution in [-0.4, -0.2) is 31.4 Å². The molecule has 0 spiro atoms. The van der Waals surface area contributed by atoms with Gasteiger partial charge in [0.25, 0.3) is 17.7 Å². The maximum absolute atomic E-state index is 12.7. The minimum Gasteiger partial charge on any atom is -0.493 e. The molecule has 0 aliphatic carbocycles. The summed E-state index contributed by atoms with van der Waals surface area (Å²) < 4.78 is 10.6. The molecule has 1 fully saturated rings. The van der Waals surface area contributed by atoms with Crippen LogP contribution in [0.3, 0.4) is 0 Å². The molecule has 0 saturated carbocycles. The lowest BCUT2D eigenvalue weighted by molar-refractivity contribution is -0.120. The highest BCUT2D eigenvalue weighted by Gasteiger charge is 2.34. The van der Waals surface area contributed by atoms with Crippen molar-refractivity contribution >= 4 is 41.1 Å². The van der Waals surface area contributed by atoms with E-state index in [2.05, 4.69) is 5.43 Å². The number of hydrogen-bond donors (Lipinski definition) is 2. The molecule has 0 bridgehead atoms. The molecule has 28 heavy (non-hydrogen) atoms. The summed E-state index contributed by atoms with van der Waals surface area (Å²) in [6.45, 7) is -0.412. The molecule has 1 aliphatic rings. The lowest BCUT2D eigenvalue weighted by Gasteiger charge is -2.14. The summed E-state index contributed by atoms with van der Waals surface area (Å²) in [5.41, 5.74) is 8.31. The number of hydrogen-bond acceptors (Lipinski definition) is 5. The number of carbonyl (C=O) groups is 3. The minimum absolute atomic E-state index is 0.128. The highest BCUT2D eigenvalue weighted by molar-refractivity contribution is 6.32. The Morgan fingerprint density at radius 1 is 1.25 bits per heavy atom. The lowest BCUT2D eigenvalue weighted by Crippen LogP contribution is -2.35. The molecule has 3 amide bonds. The molecular formula is C19H16ClN3O5. The normalized spacial score (nSPS) is 14.9. The third kappa shape index (κ3) is 3.91. The summed E-state index contributed by atoms with van der Waals surface area (Å²) in [7, 11) is 1.39. The number of benzene rings is 2. The van der Waals surface area contributed by atoms with Crippen molar-refractivity contribution in [2.24, 2.45) is 5.73 Å². The van der Waals surface area contributed by atoms with Gasteiger partial charge in [-0.15, -0.1) is 0 Å². The second-order valence-corrected chi connectivity index (χ2v) is 6.19. The molecule has 3 N–H and O–H groups in total. The number of nitrogens with zero attached hydrogens (tertiary/aromatic N) is 1. The Hall–Kier alpha value is -3.52. The van der Waals surface area contributed by atoms with Crippen molar-refractivity contribution in [2.75, 3.05) is 18.7 Å². The van der Waals surface area contributed by atoms with Gasteiger partial charge in [0.05, 0.1) is 12.8 Å². The van der Waals surface area contributed by atoms with Crippen molar-refractivity contribution in [3.05, 3.63) is 58.6 Å². The van der Waals surface area contributed by atoms with Gasteiger partial charge in [-0.2, -0.15) is 0 Å². The topological polar surface area (TPSA) is 111 Å². The van der Waals surface area contributed by atoms with Gasteiger partial charge in [0, 0.05) is 16.7 Å². The summed E-state index contributed by atoms with van der Waals surface area (Å²) >= 11 is 6.09. The van der Waals surface area contributed by atoms with Crippen molar-refractivity contribution in [3.8, 4) is 11.5 Å². The van der Waals surface area contributed by atoms with Crippen LogP contribution in [0.4, 0.5) is 5.69 Å². The van der Waals surface area contributed by atoms with Gasteiger partial charge in [-0.3, -0.25) is 19.8 Å². The molecule has 8 nitrogen and oxygen atoms in total. The van der Waals surface area contributed by atoms with Gasteiger partial charge in [-0.25, -0.2) is 5.01 Å². The van der Waals surface area contributed by atoms with Crippen LogP contribution in [0.5, 0.6) is 11.5 Å². The number of primary amides is 1. The third-order valence-electron chi connectivity index (χ3n) is 3.83. The molecule has 1 heterocycles. The number of hydrazine groups is 1. The number of anilines is 1. The van der Waals surface area contributed by atoms with Gasteiger partial charge in [0.15, 0.2) is 18.1 Å². The number of rotatable bonds is 6. The number of nitrogens with two attached hydrogens (primary N) is 1. The van der Waals surface area contributed by atoms with Crippen LogP contribution in [-0.2, 0) is 14.4 Å². The highest BCUT2D eigenvalue weighted by atomic mass is 35.5. The number of halogens is 1. The summed E-state index contributed by atoms with van der Waals surface area (Å²) in [5, 5.41) is 1.43. The molecular weight excluding hydrogens is 386 g/mol. The fourth-order valence-corrected chi connectivity index (χ4v) is 2.83. The van der Waals surface area contributed by atoms with E-state index in [9.17, 15) is 14.4 Å². The van der Waals surface area contributed by atoms with Gasteiger partial charge in [0.1, 0.15) is 5.57 Å². The number of amides is 3. The van der Waals surface area contributed by atoms with Crippen LogP contribution in [0.2, 0.25) is 5.02 Å². The lowest BCUT2D eigenvalue weighted by atomic mass is 10.1. The Labute approximate surface area is 165 Å². The van der Waals surface area contributed by atoms with E-state index in [1.54, 1.807) is 30.3 Å². The van der Waals surface area contributed by atoms with Crippen molar-refractivity contribution < 1.29 is 23.9 Å². The van der Waals surface area contributed by atoms with Crippen LogP contribution < -0.4 is 25.6 Å². The molecule has 9 heteroatoms. The molecule has 0 radical (unpaired) electrons. The highest BCUT2D eigenvalue weighted by Crippen LogP contribution is 2.36. The predicted molar refractivity (Wildman–Crippen MR) is 103 cm³/mol. The van der Waals surface area contributed by atoms with E-state index in [-0.39, 0.29) is 17.1 Å². The molecule has 2 aromatic rings. The van der Waals surface area contributed by atoms with Crippen molar-refractivity contribution in [2.45, 2.75) is 0 Å². The molecule has 0 atom stereocenters. The van der Waals surface area contributed by atoms with Gasteiger partial charge in [0.2, 0.25) is 0 Å². The van der Waals surface area contributed by atoms with E-state index in [1.165, 1.54) is 25.3 Å². The molecule has 3 rings (SSSR count). The monoisotopic (exact) mass is 401 g/mol. The van der Waals surface area contributed by atoms with E-state index in [4.69, 9.17) is 26.8 Å². The van der Waals surface area contributed by atoms with Crippen LogP contribution in [0.1, 0.15) is 5.56 Å². The average Bonchev–Trinajstić information content (AvgIpc) is 2.95. The first-order valence-electron chi connectivity index (χ1n) is 8.11. The molecule has 1 saturated heterocycles. The SMILES string of the molecule is COc1cc(Cl)cc(C=C2C(=O)NN(c3ccccc3)C2=O)c1OCC(N)=O. The van der Waals surface area contributed by atoms with Crippen LogP contribution >= 0.6 is 11.6 Å². The largest absolute Gasteiger partial charge is 0.493 e. The first-order valence-corrected chi connectivity index (χ1v) is 8.49. The molecule has 1 aliphatic heterocycles. The molecule has 2 aromatic carbocycles. The Morgan fingerprint density at radius 2 is 1.96 bits per heavy atom. The standard InChI is InChI=1S/C19H16ClN3O5/c1-27-15-9-12(20)7-11(17(15)28-10-16(21)24)8-14-18(25)22-23(19(14)26)13-5-3-2-4-6-13/h2-9H,10H2,1H3,(H2,21,24)(H,22,25). The maximum Gasteiger partial charge on any atom is 0.282 e. The van der Waals surface area contributed by atoms with E-state index >= 15 is 0 Å². The third-order valence-corrected chi connectivity index (χ3v) is 4.05. The quantitative estimate of drug-likeness (QED) is 0.565. The summed E-state index contributed by atoms with van der Waals surface area (Å²) in [6.07, 6.45) is 1.32. The molecule has 144 valence electrons. The van der Waals surface area contributed by atoms with E-state index in [1.807, 2.05) is 0 Å². The van der Waals surface area contributed by atoms with Gasteiger partial charge >= 0.3 is 0 Å². The average molecular weight is 402 g/mol. The Bertz CT molecular complexity index is 975. The van der Waals surface area contributed by atoms with Crippen LogP contribution in [0.25, 0.3) is 6.08 Å². The van der Waals surface area contributed by atoms with E-state index in [0.717, 1.165) is 5.01 Å². The minimum atomic E-state index is -0.694. The number of methoxy groups -OCH3 is 1. The van der Waals surface area contributed by atoms with Crippen LogP contribution in [0, 0.1) is 0 Å². The van der Waals surface area contributed by atoms with Gasteiger partial charge < -0.3 is 15.2 Å². The van der Waals surface area contributed by atoms with E-state index in [0.29, 0.717) is 16.3 Å². The fraction of sp³-hybridized carbons (Fsp3) is 0.105. The van der Waals surface area contributed by atoms with Gasteiger partial charge in [-0.05, 0) is 24.3 Å². The van der Waals surface area contributed by atoms with Crippen molar-refractivity contribution in [1.29, 1.82) is 0 Å². The molecule has 0 aromatic heterocycles. The first kappa shape index (κ1) is 19.2. The number of ether oxygens (including phenoxy) is 2. The molecule has 0 unspecified atom stereocenters. The summed E-state index contributed by atoms with van der Waals surface area (Å²) in [4.78, 5) is 36.2. The number of para-hydroxylation sites is 1. The Morgan fingerprint density at radius 3 is 2.61 bits per heavy atom.